The monoisotopic (exact) mass is 214 g/mol. The van der Waals surface area contributed by atoms with Gasteiger partial charge in [0.2, 0.25) is 0 Å². The van der Waals surface area contributed by atoms with E-state index in [1.807, 2.05) is 0 Å². The van der Waals surface area contributed by atoms with E-state index in [1.165, 1.54) is 11.6 Å². The molecule has 0 bridgehead atoms. The summed E-state index contributed by atoms with van der Waals surface area (Å²) >= 11 is 3.65. The van der Waals surface area contributed by atoms with Crippen molar-refractivity contribution in [2.45, 2.75) is 12.6 Å². The van der Waals surface area contributed by atoms with Crippen LogP contribution >= 0.6 is 15.3 Å². The molecule has 1 rings (SSSR count). The average molecular weight is 215 g/mol. The summed E-state index contributed by atoms with van der Waals surface area (Å²) in [6, 6.07) is 11.9. The summed E-state index contributed by atoms with van der Waals surface area (Å²) < 4.78 is 0. The Balaban J connectivity index is 2.59. The molecule has 0 heterocycles. The van der Waals surface area contributed by atoms with Crippen LogP contribution in [0.1, 0.15) is 5.56 Å². The number of hydrogen-bond donors (Lipinski definition) is 0. The zero-order valence-electron chi connectivity index (χ0n) is 6.05. The second-order valence-electron chi connectivity index (χ2n) is 2.47. The Morgan fingerprint density at radius 3 is 2.40 bits per heavy atom. The van der Waals surface area contributed by atoms with Gasteiger partial charge >= 0.3 is 0 Å². The molecule has 0 saturated carbocycles. The fraction of sp³-hybridized carbons (Fsp3) is 0.250. The maximum absolute atomic E-state index is 3.65. The average Bonchev–Trinajstić information content (AvgIpc) is 1.88. The van der Waals surface area contributed by atoms with Gasteiger partial charge in [-0.25, -0.2) is 0 Å². The van der Waals surface area contributed by atoms with Gasteiger partial charge in [-0.1, -0.05) is 42.4 Å². The highest BCUT2D eigenvalue weighted by molar-refractivity contribution is 9.24. The summed E-state index contributed by atoms with van der Waals surface area (Å²) in [6.45, 7) is 2.30. The molecule has 54 valence electrons. The number of hydrogen-bond acceptors (Lipinski definition) is 0. The van der Waals surface area contributed by atoms with Crippen molar-refractivity contribution in [3.05, 3.63) is 35.9 Å². The Kier molecular flexibility index (Phi) is 3.16. The fourth-order valence-electron chi connectivity index (χ4n) is 0.939. The van der Waals surface area contributed by atoms with Crippen molar-refractivity contribution in [1.29, 1.82) is 0 Å². The molecule has 0 aromatic heterocycles. The first-order chi connectivity index (χ1) is 4.79. The van der Waals surface area contributed by atoms with Crippen LogP contribution in [-0.4, -0.2) is 7.42 Å². The number of halogens is 1. The highest BCUT2D eigenvalue weighted by Gasteiger charge is 1.97. The lowest BCUT2D eigenvalue weighted by Crippen LogP contribution is -2.00. The van der Waals surface area contributed by atoms with Gasteiger partial charge in [0.15, 0.2) is 0 Å². The largest absolute Gasteiger partial charge is 0.131 e. The van der Waals surface area contributed by atoms with E-state index in [0.29, 0.717) is 0 Å². The highest BCUT2D eigenvalue weighted by atomic mass is 79.9. The highest BCUT2D eigenvalue weighted by Crippen LogP contribution is 2.05. The summed E-state index contributed by atoms with van der Waals surface area (Å²) in [6.07, 6.45) is 0. The third-order valence-corrected chi connectivity index (χ3v) is 3.36. The minimum absolute atomic E-state index is 0.585. The lowest BCUT2D eigenvalue weighted by atomic mass is 10.2. The van der Waals surface area contributed by atoms with Crippen LogP contribution in [0.5, 0.6) is 0 Å². The van der Waals surface area contributed by atoms with E-state index in [2.05, 4.69) is 52.2 Å². The predicted octanol–water partition coefficient (Wildman–Crippen LogP) is 2.52. The summed E-state index contributed by atoms with van der Waals surface area (Å²) in [5, 5.41) is 0. The van der Waals surface area contributed by atoms with Crippen LogP contribution in [0.2, 0.25) is 6.55 Å². The second-order valence-corrected chi connectivity index (χ2v) is 9.13. The molecule has 0 aliphatic carbocycles. The fourth-order valence-corrected chi connectivity index (χ4v) is 2.98. The molecule has 1 unspecified atom stereocenters. The molecule has 0 fully saturated rings. The molecular formula is C8H11BrSi. The van der Waals surface area contributed by atoms with E-state index in [0.717, 1.165) is 0 Å². The van der Waals surface area contributed by atoms with Crippen molar-refractivity contribution in [3.8, 4) is 0 Å². The lowest BCUT2D eigenvalue weighted by Gasteiger charge is -1.99. The topological polar surface area (TPSA) is 0 Å². The molecule has 0 spiro atoms. The molecule has 10 heavy (non-hydrogen) atoms. The van der Waals surface area contributed by atoms with Gasteiger partial charge in [0.1, 0.15) is 7.42 Å². The molecule has 0 amide bonds. The first-order valence-electron chi connectivity index (χ1n) is 3.47. The van der Waals surface area contributed by atoms with E-state index in [9.17, 15) is 0 Å². The molecule has 1 atom stereocenters. The van der Waals surface area contributed by atoms with Gasteiger partial charge in [0.25, 0.3) is 0 Å². The van der Waals surface area contributed by atoms with Crippen molar-refractivity contribution in [1.82, 2.24) is 0 Å². The van der Waals surface area contributed by atoms with Gasteiger partial charge in [-0.15, -0.1) is 15.3 Å². The van der Waals surface area contributed by atoms with Gasteiger partial charge in [0.05, 0.1) is 0 Å². The SMILES string of the molecule is C[SiH](Br)Cc1ccccc1. The van der Waals surface area contributed by atoms with E-state index in [4.69, 9.17) is 0 Å². The van der Waals surface area contributed by atoms with Crippen molar-refractivity contribution in [3.63, 3.8) is 0 Å². The molecule has 1 aromatic carbocycles. The van der Waals surface area contributed by atoms with Gasteiger partial charge in [-0.2, -0.15) is 0 Å². The van der Waals surface area contributed by atoms with Crippen molar-refractivity contribution in [2.24, 2.45) is 0 Å². The second kappa shape index (κ2) is 3.94. The van der Waals surface area contributed by atoms with Crippen LogP contribution in [0, 0.1) is 0 Å². The Morgan fingerprint density at radius 1 is 1.30 bits per heavy atom. The van der Waals surface area contributed by atoms with Crippen molar-refractivity contribution in [2.75, 3.05) is 0 Å². The number of rotatable bonds is 2. The summed E-state index contributed by atoms with van der Waals surface area (Å²) in [4.78, 5) is 0. The summed E-state index contributed by atoms with van der Waals surface area (Å²) in [5.74, 6) is 0. The van der Waals surface area contributed by atoms with Crippen LogP contribution in [0.25, 0.3) is 0 Å². The molecular weight excluding hydrogens is 204 g/mol. The zero-order valence-corrected chi connectivity index (χ0v) is 8.79. The Labute approximate surface area is 71.5 Å². The first-order valence-corrected chi connectivity index (χ1v) is 8.62. The van der Waals surface area contributed by atoms with Gasteiger partial charge in [0, 0.05) is 0 Å². The van der Waals surface area contributed by atoms with E-state index < -0.39 is 7.42 Å². The van der Waals surface area contributed by atoms with Gasteiger partial charge < -0.3 is 0 Å². The van der Waals surface area contributed by atoms with Crippen LogP contribution in [0.3, 0.4) is 0 Å². The van der Waals surface area contributed by atoms with E-state index in [-0.39, 0.29) is 0 Å². The first kappa shape index (κ1) is 8.02. The van der Waals surface area contributed by atoms with Crippen molar-refractivity contribution < 1.29 is 0 Å². The molecule has 0 radical (unpaired) electrons. The Hall–Kier alpha value is -0.0831. The number of benzene rings is 1. The maximum atomic E-state index is 3.65. The smallest absolute Gasteiger partial charge is 0.116 e. The molecule has 1 aromatic rings. The third-order valence-electron chi connectivity index (χ3n) is 1.36. The lowest BCUT2D eigenvalue weighted by molar-refractivity contribution is 1.38. The normalized spacial score (nSPS) is 13.0. The van der Waals surface area contributed by atoms with Crippen LogP contribution in [0.15, 0.2) is 30.3 Å². The van der Waals surface area contributed by atoms with E-state index >= 15 is 0 Å². The molecule has 0 saturated heterocycles. The predicted molar refractivity (Wildman–Crippen MR) is 52.1 cm³/mol. The van der Waals surface area contributed by atoms with Crippen molar-refractivity contribution >= 4 is 22.7 Å². The minimum atomic E-state index is -0.585. The Bertz CT molecular complexity index is 184. The maximum Gasteiger partial charge on any atom is 0.116 e. The van der Waals surface area contributed by atoms with E-state index in [1.54, 1.807) is 0 Å². The zero-order chi connectivity index (χ0) is 7.40. The standard InChI is InChI=1S/C8H11BrSi/c1-10(9)7-8-5-3-2-4-6-8/h2-6,10H,7H2,1H3. The summed E-state index contributed by atoms with van der Waals surface area (Å²) in [5.41, 5.74) is 1.46. The van der Waals surface area contributed by atoms with Gasteiger partial charge in [-0.05, 0) is 6.04 Å². The Morgan fingerprint density at radius 2 is 1.90 bits per heavy atom. The molecule has 0 nitrogen and oxygen atoms in total. The molecule has 2 heteroatoms. The molecule has 0 N–H and O–H groups in total. The van der Waals surface area contributed by atoms with Gasteiger partial charge in [-0.3, -0.25) is 0 Å². The van der Waals surface area contributed by atoms with Crippen LogP contribution < -0.4 is 0 Å². The minimum Gasteiger partial charge on any atom is -0.131 e. The quantitative estimate of drug-likeness (QED) is 0.525. The molecule has 0 aliphatic rings. The van der Waals surface area contributed by atoms with Crippen LogP contribution in [-0.2, 0) is 6.04 Å². The third kappa shape index (κ3) is 2.67. The van der Waals surface area contributed by atoms with Crippen LogP contribution in [0.4, 0.5) is 0 Å². The molecule has 0 aliphatic heterocycles. The summed E-state index contributed by atoms with van der Waals surface area (Å²) in [7, 11) is -0.585.